The van der Waals surface area contributed by atoms with E-state index in [1.54, 1.807) is 18.2 Å². The summed E-state index contributed by atoms with van der Waals surface area (Å²) >= 11 is 7.76. The number of hydrogen-bond acceptors (Lipinski definition) is 2. The van der Waals surface area contributed by atoms with Crippen LogP contribution >= 0.6 is 34.2 Å². The van der Waals surface area contributed by atoms with Gasteiger partial charge in [-0.3, -0.25) is 0 Å². The van der Waals surface area contributed by atoms with E-state index >= 15 is 0 Å². The molecule has 5 heteroatoms. The summed E-state index contributed by atoms with van der Waals surface area (Å²) in [7, 11) is 0. The van der Waals surface area contributed by atoms with Gasteiger partial charge in [-0.05, 0) is 46.9 Å². The molecule has 0 radical (unpaired) electrons. The normalized spacial score (nSPS) is 10.3. The maximum Gasteiger partial charge on any atom is 0.138 e. The van der Waals surface area contributed by atoms with Crippen LogP contribution in [-0.2, 0) is 0 Å². The molecule has 2 rings (SSSR count). The molecule has 2 aromatic rings. The van der Waals surface area contributed by atoms with Crippen molar-refractivity contribution in [3.05, 3.63) is 50.8 Å². The van der Waals surface area contributed by atoms with Gasteiger partial charge >= 0.3 is 0 Å². The van der Waals surface area contributed by atoms with Crippen LogP contribution in [0.25, 0.3) is 0 Å². The Balaban J connectivity index is 2.33. The summed E-state index contributed by atoms with van der Waals surface area (Å²) in [5, 5.41) is 3.64. The number of nitrogen functional groups attached to an aromatic ring is 1. The van der Waals surface area contributed by atoms with Gasteiger partial charge in [-0.2, -0.15) is 0 Å². The molecule has 0 heterocycles. The van der Waals surface area contributed by atoms with E-state index in [4.69, 9.17) is 17.3 Å². The van der Waals surface area contributed by atoms with Gasteiger partial charge in [0.05, 0.1) is 14.9 Å². The van der Waals surface area contributed by atoms with Crippen LogP contribution in [-0.4, -0.2) is 0 Å². The molecular weight excluding hydrogens is 354 g/mol. The minimum absolute atomic E-state index is 0.302. The predicted molar refractivity (Wildman–Crippen MR) is 78.3 cm³/mol. The summed E-state index contributed by atoms with van der Waals surface area (Å²) in [5.74, 6) is -0.302. The van der Waals surface area contributed by atoms with Gasteiger partial charge in [0.15, 0.2) is 0 Å². The molecule has 88 valence electrons. The van der Waals surface area contributed by atoms with Crippen molar-refractivity contribution >= 4 is 51.3 Å². The van der Waals surface area contributed by atoms with Crippen molar-refractivity contribution in [1.82, 2.24) is 0 Å². The van der Waals surface area contributed by atoms with E-state index in [1.165, 1.54) is 6.07 Å². The first kappa shape index (κ1) is 12.4. The van der Waals surface area contributed by atoms with E-state index in [9.17, 15) is 4.39 Å². The highest BCUT2D eigenvalue weighted by atomic mass is 127. The van der Waals surface area contributed by atoms with Crippen molar-refractivity contribution in [1.29, 1.82) is 0 Å². The topological polar surface area (TPSA) is 38.0 Å². The van der Waals surface area contributed by atoms with Crippen molar-refractivity contribution < 1.29 is 4.39 Å². The number of nitrogens with one attached hydrogen (secondary N) is 1. The molecule has 0 aliphatic carbocycles. The van der Waals surface area contributed by atoms with Crippen molar-refractivity contribution in [3.63, 3.8) is 0 Å². The van der Waals surface area contributed by atoms with E-state index in [0.717, 1.165) is 5.69 Å². The van der Waals surface area contributed by atoms with Crippen molar-refractivity contribution in [2.45, 2.75) is 0 Å². The molecule has 17 heavy (non-hydrogen) atoms. The Labute approximate surface area is 117 Å². The molecule has 0 amide bonds. The van der Waals surface area contributed by atoms with Crippen LogP contribution in [0.1, 0.15) is 0 Å². The van der Waals surface area contributed by atoms with Crippen LogP contribution < -0.4 is 11.1 Å². The Hall–Kier alpha value is -1.01. The SMILES string of the molecule is Nc1cc(I)c(F)cc1Nc1cccc(Cl)c1. The Morgan fingerprint density at radius 3 is 2.71 bits per heavy atom. The average Bonchev–Trinajstić information content (AvgIpc) is 2.26. The first-order chi connectivity index (χ1) is 8.06. The minimum Gasteiger partial charge on any atom is -0.397 e. The number of anilines is 3. The fourth-order valence-corrected chi connectivity index (χ4v) is 2.07. The number of benzene rings is 2. The molecule has 0 bridgehead atoms. The van der Waals surface area contributed by atoms with Gasteiger partial charge < -0.3 is 11.1 Å². The fourth-order valence-electron chi connectivity index (χ4n) is 1.39. The van der Waals surface area contributed by atoms with Gasteiger partial charge in [0.2, 0.25) is 0 Å². The third-order valence-corrected chi connectivity index (χ3v) is 3.26. The van der Waals surface area contributed by atoms with Crippen LogP contribution in [0.4, 0.5) is 21.5 Å². The lowest BCUT2D eigenvalue weighted by atomic mass is 10.2. The van der Waals surface area contributed by atoms with E-state index < -0.39 is 0 Å². The summed E-state index contributed by atoms with van der Waals surface area (Å²) in [4.78, 5) is 0. The molecule has 3 N–H and O–H groups in total. The van der Waals surface area contributed by atoms with Crippen LogP contribution in [0, 0.1) is 9.39 Å². The highest BCUT2D eigenvalue weighted by Crippen LogP contribution is 2.28. The quantitative estimate of drug-likeness (QED) is 0.613. The standard InChI is InChI=1S/C12H9ClFIN2/c13-7-2-1-3-8(4-7)17-12-5-9(14)10(15)6-11(12)16/h1-6,17H,16H2. The maximum atomic E-state index is 13.4. The number of rotatable bonds is 2. The van der Waals surface area contributed by atoms with Crippen molar-refractivity contribution in [2.24, 2.45) is 0 Å². The minimum atomic E-state index is -0.302. The Bertz CT molecular complexity index is 560. The van der Waals surface area contributed by atoms with Gasteiger partial charge in [0.25, 0.3) is 0 Å². The maximum absolute atomic E-state index is 13.4. The number of nitrogens with two attached hydrogens (primary N) is 1. The first-order valence-corrected chi connectivity index (χ1v) is 6.29. The molecule has 0 saturated heterocycles. The summed E-state index contributed by atoms with van der Waals surface area (Å²) < 4.78 is 13.9. The van der Waals surface area contributed by atoms with Gasteiger partial charge in [0, 0.05) is 16.8 Å². The molecule has 0 aromatic heterocycles. The molecule has 0 fully saturated rings. The van der Waals surface area contributed by atoms with Gasteiger partial charge in [0.1, 0.15) is 5.82 Å². The van der Waals surface area contributed by atoms with Crippen LogP contribution in [0.3, 0.4) is 0 Å². The summed E-state index contributed by atoms with van der Waals surface area (Å²) in [6.45, 7) is 0. The van der Waals surface area contributed by atoms with Crippen LogP contribution in [0.2, 0.25) is 5.02 Å². The second-order valence-electron chi connectivity index (χ2n) is 3.49. The van der Waals surface area contributed by atoms with E-state index in [2.05, 4.69) is 5.32 Å². The largest absolute Gasteiger partial charge is 0.397 e. The third kappa shape index (κ3) is 3.01. The monoisotopic (exact) mass is 362 g/mol. The first-order valence-electron chi connectivity index (χ1n) is 4.83. The smallest absolute Gasteiger partial charge is 0.138 e. The van der Waals surface area contributed by atoms with Crippen LogP contribution in [0.15, 0.2) is 36.4 Å². The number of halogens is 3. The zero-order valence-corrected chi connectivity index (χ0v) is 11.6. The summed E-state index contributed by atoms with van der Waals surface area (Å²) in [6.07, 6.45) is 0. The van der Waals surface area contributed by atoms with E-state index in [0.29, 0.717) is 20.0 Å². The molecule has 0 aliphatic rings. The molecule has 2 nitrogen and oxygen atoms in total. The van der Waals surface area contributed by atoms with E-state index in [1.807, 2.05) is 34.7 Å². The molecule has 0 spiro atoms. The average molecular weight is 363 g/mol. The highest BCUT2D eigenvalue weighted by Gasteiger charge is 2.06. The van der Waals surface area contributed by atoms with Gasteiger partial charge in [-0.1, -0.05) is 17.7 Å². The fraction of sp³-hybridized carbons (Fsp3) is 0. The summed E-state index contributed by atoms with van der Waals surface area (Å²) in [6, 6.07) is 10.1. The van der Waals surface area contributed by atoms with Crippen LogP contribution in [0.5, 0.6) is 0 Å². The molecule has 0 saturated carbocycles. The lowest BCUT2D eigenvalue weighted by Gasteiger charge is -2.10. The second kappa shape index (κ2) is 5.10. The Kier molecular flexibility index (Phi) is 3.73. The lowest BCUT2D eigenvalue weighted by molar-refractivity contribution is 0.621. The Morgan fingerprint density at radius 2 is 2.00 bits per heavy atom. The molecule has 2 aromatic carbocycles. The zero-order chi connectivity index (χ0) is 12.4. The van der Waals surface area contributed by atoms with Crippen molar-refractivity contribution in [2.75, 3.05) is 11.1 Å². The Morgan fingerprint density at radius 1 is 1.24 bits per heavy atom. The summed E-state index contributed by atoms with van der Waals surface area (Å²) in [5.41, 5.74) is 7.61. The highest BCUT2D eigenvalue weighted by molar-refractivity contribution is 14.1. The lowest BCUT2D eigenvalue weighted by Crippen LogP contribution is -1.98. The van der Waals surface area contributed by atoms with E-state index in [-0.39, 0.29) is 5.82 Å². The molecular formula is C12H9ClFIN2. The van der Waals surface area contributed by atoms with Gasteiger partial charge in [-0.25, -0.2) is 4.39 Å². The second-order valence-corrected chi connectivity index (χ2v) is 5.09. The molecule has 0 atom stereocenters. The molecule has 0 aliphatic heterocycles. The number of hydrogen-bond donors (Lipinski definition) is 2. The van der Waals surface area contributed by atoms with Crippen molar-refractivity contribution in [3.8, 4) is 0 Å². The third-order valence-electron chi connectivity index (χ3n) is 2.20. The predicted octanol–water partition coefficient (Wildman–Crippen LogP) is 4.41. The zero-order valence-electron chi connectivity index (χ0n) is 8.68. The van der Waals surface area contributed by atoms with Gasteiger partial charge in [-0.15, -0.1) is 0 Å². The molecule has 0 unspecified atom stereocenters.